The number of aromatic nitrogens is 6. The number of nitrogens with zero attached hydrogens (tertiary/aromatic N) is 9. The minimum Gasteiger partial charge on any atom is -0.540 e. The number of hydrogen-bond donors (Lipinski definition) is 2. The molecule has 0 spiro atoms. The summed E-state index contributed by atoms with van der Waals surface area (Å²) in [5.41, 5.74) is 3.38. The van der Waals surface area contributed by atoms with Crippen LogP contribution < -0.4 is 39.1 Å². The van der Waals surface area contributed by atoms with Crippen molar-refractivity contribution >= 4 is 87.8 Å². The third kappa shape index (κ3) is 23.4. The largest absolute Gasteiger partial charge is 0.540 e. The van der Waals surface area contributed by atoms with Gasteiger partial charge in [0.1, 0.15) is 81.5 Å². The van der Waals surface area contributed by atoms with Gasteiger partial charge in [0.15, 0.2) is 0 Å². The number of amides is 5. The summed E-state index contributed by atoms with van der Waals surface area (Å²) in [6.07, 6.45) is 24.6. The van der Waals surface area contributed by atoms with Gasteiger partial charge >= 0.3 is 18.2 Å². The molecule has 0 unspecified atom stereocenters. The number of hydrogen-bond acceptors (Lipinski definition) is 24. The molecule has 133 heavy (non-hydrogen) atoms. The van der Waals surface area contributed by atoms with Crippen molar-refractivity contribution < 1.29 is 141 Å². The van der Waals surface area contributed by atoms with Gasteiger partial charge in [0, 0.05) is 91.6 Å². The van der Waals surface area contributed by atoms with Crippen LogP contribution in [0.25, 0.3) is 33.1 Å². The first kappa shape index (κ1) is 105. The van der Waals surface area contributed by atoms with E-state index in [2.05, 4.69) is 50.3 Å². The van der Waals surface area contributed by atoms with E-state index in [0.717, 1.165) is 156 Å². The van der Waals surface area contributed by atoms with Gasteiger partial charge in [-0.2, -0.15) is 0 Å². The van der Waals surface area contributed by atoms with Gasteiger partial charge in [-0.25, -0.2) is 58.4 Å². The molecule has 5 amide bonds. The van der Waals surface area contributed by atoms with Crippen molar-refractivity contribution in [3.8, 4) is 34.9 Å². The van der Waals surface area contributed by atoms with Gasteiger partial charge in [-0.05, 0) is 179 Å². The smallest absolute Gasteiger partial charge is 0.408 e. The summed E-state index contributed by atoms with van der Waals surface area (Å²) in [4.78, 5) is 153. The summed E-state index contributed by atoms with van der Waals surface area (Å²) >= 11 is 0. The van der Waals surface area contributed by atoms with Gasteiger partial charge < -0.3 is 82.3 Å². The zero-order chi connectivity index (χ0) is 93.3. The van der Waals surface area contributed by atoms with Gasteiger partial charge in [0.2, 0.25) is 35.4 Å². The van der Waals surface area contributed by atoms with Gasteiger partial charge in [-0.15, -0.1) is 0 Å². The number of ether oxygens (including phenoxy) is 9. The molecule has 18 atom stereocenters. The van der Waals surface area contributed by atoms with E-state index in [-0.39, 0.29) is 135 Å². The van der Waals surface area contributed by atoms with Gasteiger partial charge in [-0.1, -0.05) is 173 Å². The maximum atomic E-state index is 14.2. The molecule has 3 aromatic heterocycles. The minimum atomic E-state index is -0.911. The second-order valence-electron chi connectivity index (χ2n) is 41.8. The first-order chi connectivity index (χ1) is 61.9. The standard InChI is InChI=1S/C34H47N4O6.C34H46N3O6.C33H43N4O6.3V/c1-8-23-27(19-39)38-18-28(23)43-30-25(35-24-15-14-22(42-7)16-26(24)36-30)13-11-9-10-12-21-17-34(21,20(2)3)44-32(41)37-29(31(38)40)33(4,5)6;1-7-15-34-18-22(34)11-9-8-10-12-26-31(36-27-16-23(41-6)13-14-25(27)35-26)42-29-19-37(28(20-38)21(29)2)32(40)24(33(3,4)5)17-30(39)43-34;1-19-26(18-38)37-17-27(19)42-29-24(34-23-14-13-22(41-5)15-25(23)35-29)10-8-6-7-9-21-16-33(21,20-11-12-20)43-31(40)36-28(30(37)39)32(2,3)4;;;/h14-16,20-21,23,27-29H,8-13,17-18H2,1-7H3,(H,37,41);13-14,16,21-22,24,28-29H,7-12,15,17-19H2,1-6H3;13-15,19-21,26-28H,6-12,16-17H2,1-5H3,(H,36,40);;;/q3*-1;;;/t21-,23+,27-,28+,29-,34+;21-,22+,24+,28+,29-,34+;19-,21+,26+,27-,28+,33-;;;/m100.../s1. The Labute approximate surface area is 819 Å². The summed E-state index contributed by atoms with van der Waals surface area (Å²) in [6, 6.07) is 12.5. The number of aryl methyl sites for hydroxylation is 3. The van der Waals surface area contributed by atoms with Crippen LogP contribution in [0.5, 0.6) is 34.9 Å². The quantitative estimate of drug-likeness (QED) is 0.0691. The summed E-state index contributed by atoms with van der Waals surface area (Å²) < 4.78 is 54.3. The van der Waals surface area contributed by atoms with Crippen LogP contribution in [-0.2, 0) is 123 Å². The van der Waals surface area contributed by atoms with Crippen LogP contribution >= 0.6 is 0 Å². The van der Waals surface area contributed by atoms with Crippen molar-refractivity contribution in [2.45, 2.75) is 323 Å². The fraction of sp³-hybridized carbons (Fsp3) is 0.673. The fourth-order valence-electron chi connectivity index (χ4n) is 21.1. The number of nitrogens with one attached hydrogen (secondary N) is 2. The van der Waals surface area contributed by atoms with Crippen LogP contribution in [0.4, 0.5) is 9.59 Å². The predicted molar refractivity (Wildman–Crippen MR) is 488 cm³/mol. The van der Waals surface area contributed by atoms with E-state index in [1.165, 1.54) is 9.80 Å². The molecule has 6 aromatic rings. The molecule has 6 bridgehead atoms. The van der Waals surface area contributed by atoms with E-state index in [4.69, 9.17) is 72.5 Å². The number of methoxy groups -OCH3 is 3. The molecule has 10 aliphatic rings. The van der Waals surface area contributed by atoms with Crippen LogP contribution in [-0.4, -0.2) is 206 Å². The number of benzene rings is 3. The van der Waals surface area contributed by atoms with Crippen LogP contribution in [0.1, 0.15) is 256 Å². The number of esters is 1. The van der Waals surface area contributed by atoms with Crippen molar-refractivity contribution in [2.75, 3.05) is 41.0 Å². The van der Waals surface area contributed by atoms with Crippen molar-refractivity contribution in [2.24, 2.45) is 69.5 Å². The van der Waals surface area contributed by atoms with Crippen LogP contribution in [0, 0.1) is 69.5 Å². The normalized spacial score (nSPS) is 30.0. The summed E-state index contributed by atoms with van der Waals surface area (Å²) in [6.45, 7) is 29.8. The third-order valence-corrected chi connectivity index (χ3v) is 29.4. The molecule has 4 saturated carbocycles. The molecule has 29 nitrogen and oxygen atoms in total. The van der Waals surface area contributed by atoms with E-state index >= 15 is 0 Å². The molecule has 6 aliphatic heterocycles. The maximum absolute atomic E-state index is 14.2. The van der Waals surface area contributed by atoms with E-state index in [0.29, 0.717) is 94.9 Å². The second kappa shape index (κ2) is 43.6. The monoisotopic (exact) mass is 1940 g/mol. The predicted octanol–water partition coefficient (Wildman–Crippen LogP) is 15.8. The topological polar surface area (TPSA) is 348 Å². The minimum absolute atomic E-state index is 0. The fourth-order valence-corrected chi connectivity index (χ4v) is 21.1. The second-order valence-corrected chi connectivity index (χ2v) is 41.8. The average molecular weight is 1950 g/mol. The zero-order valence-electron chi connectivity index (χ0n) is 80.8. The molecular formula is C101H136N11O18V3-3. The van der Waals surface area contributed by atoms with E-state index in [9.17, 15) is 43.2 Å². The summed E-state index contributed by atoms with van der Waals surface area (Å²) in [5.74, 6) is 1.90. The molecule has 721 valence electrons. The number of carbonyl (C=O) groups is 6. The SMILES string of the molecule is CCC[C@@]12C[C@H]1CCCCCc1nc3ccc(OC)cc3nc1O[C@H]1CN(C(=O)[C@H](C(C)(C)C)CC(=O)O2)[C@H]([C-]=O)[C@@H]1C.CC[C@@H]1[C@@H]2CN(C(=O)[C@H](C(C)(C)C)NC(=O)O[C@]3(C(C)C)C[C@H]3CCCCCc3nc4ccc(OC)cc4nc3O2)[C@@H]1[C-]=O.COc1ccc2nc3c(nc2c1)O[C@H]1CN(C(=O)[C@H](C(C)(C)C)NC(=O)O[C@]2(C4CC4)C[C@H]2CCCCC3)[C@H]([C-]=O)[C@@H]1C.[V].[V].[V]. The molecule has 7 fully saturated rings. The molecule has 9 heterocycles. The van der Waals surface area contributed by atoms with Crippen molar-refractivity contribution in [1.29, 1.82) is 0 Å². The van der Waals surface area contributed by atoms with Gasteiger partial charge in [0.25, 0.3) is 0 Å². The third-order valence-electron chi connectivity index (χ3n) is 29.4. The molecule has 3 saturated heterocycles. The number of rotatable bonds is 11. The summed E-state index contributed by atoms with van der Waals surface area (Å²) in [7, 11) is 4.83. The van der Waals surface area contributed by atoms with Gasteiger partial charge in [-0.3, -0.25) is 19.2 Å². The number of fused-ring (bicyclic) bond motifs is 15. The molecule has 32 heteroatoms. The first-order valence-corrected chi connectivity index (χ1v) is 47.7. The van der Waals surface area contributed by atoms with Crippen LogP contribution in [0.3, 0.4) is 0 Å². The van der Waals surface area contributed by atoms with E-state index in [1.807, 2.05) is 138 Å². The molecule has 3 radical (unpaired) electrons. The maximum Gasteiger partial charge on any atom is 0.408 e. The van der Waals surface area contributed by atoms with Gasteiger partial charge in [0.05, 0.1) is 86.4 Å². The molecule has 16 rings (SSSR count). The van der Waals surface area contributed by atoms with E-state index in [1.54, 1.807) is 26.2 Å². The molecule has 4 aliphatic carbocycles. The molecular weight excluding hydrogens is 1810 g/mol. The van der Waals surface area contributed by atoms with Crippen molar-refractivity contribution in [3.63, 3.8) is 0 Å². The van der Waals surface area contributed by atoms with Crippen LogP contribution in [0.2, 0.25) is 0 Å². The molecule has 3 aromatic carbocycles. The van der Waals surface area contributed by atoms with Crippen molar-refractivity contribution in [1.82, 2.24) is 55.2 Å². The average Bonchev–Trinajstić information content (AvgIpc) is 1.55. The summed E-state index contributed by atoms with van der Waals surface area (Å²) in [5, 5.41) is 5.80. The Kier molecular flexibility index (Phi) is 34.4. The van der Waals surface area contributed by atoms with Crippen LogP contribution in [0.15, 0.2) is 54.6 Å². The van der Waals surface area contributed by atoms with E-state index < -0.39 is 99.7 Å². The Morgan fingerprint density at radius 1 is 0.459 bits per heavy atom. The zero-order valence-corrected chi connectivity index (χ0v) is 85.0. The number of carbonyl (C=O) groups excluding carboxylic acids is 9. The number of alkyl carbamates (subject to hydrolysis) is 2. The Hall–Kier alpha value is -8.34. The Balaban J connectivity index is 0.000000190. The Bertz CT molecular complexity index is 5160. The molecule has 2 N–H and O–H groups in total. The first-order valence-electron chi connectivity index (χ1n) is 47.7. The Morgan fingerprint density at radius 3 is 1.26 bits per heavy atom. The Morgan fingerprint density at radius 2 is 0.865 bits per heavy atom. The van der Waals surface area contributed by atoms with Crippen molar-refractivity contribution in [3.05, 3.63) is 71.7 Å².